The van der Waals surface area contributed by atoms with Gasteiger partial charge in [0.1, 0.15) is 5.82 Å². The molecule has 0 aliphatic carbocycles. The number of aryl methyl sites for hydroxylation is 1. The van der Waals surface area contributed by atoms with Gasteiger partial charge in [-0.2, -0.15) is 0 Å². The van der Waals surface area contributed by atoms with E-state index >= 15 is 0 Å². The summed E-state index contributed by atoms with van der Waals surface area (Å²) in [7, 11) is 0. The SMILES string of the molecule is Brc1ccccc1B1c2ccccc2-n2c3ccccc3c3cccc1c32.Cc1cccc2c3cccc4c3n(c12)-c1ccccc1B4c1ccccc1.Clc1ccccc1B1c2ccccc2-n2c3ccccc3c3cccc1c32.Fc1ccccc1B1c2ccccc2-n2c3ccccc3c3cccc1c32. The maximum Gasteiger partial charge on any atom is 0.250 e. The van der Waals surface area contributed by atoms with Crippen LogP contribution in [-0.4, -0.2) is 45.1 Å². The molecule has 11 heteroatoms. The lowest BCUT2D eigenvalue weighted by atomic mass is 9.35. The summed E-state index contributed by atoms with van der Waals surface area (Å²) in [4.78, 5) is 0. The van der Waals surface area contributed by atoms with E-state index in [-0.39, 0.29) is 32.7 Å². The fourth-order valence-electron chi connectivity index (χ4n) is 18.9. The van der Waals surface area contributed by atoms with Gasteiger partial charge < -0.3 is 18.3 Å². The molecule has 24 rings (SSSR count). The molecule has 0 radical (unpaired) electrons. The zero-order valence-electron chi connectivity index (χ0n) is 58.9. The van der Waals surface area contributed by atoms with Gasteiger partial charge in [-0.1, -0.05) is 347 Å². The Morgan fingerprint density at radius 3 is 1.00 bits per heavy atom. The number of para-hydroxylation sites is 12. The number of halogens is 3. The average Bonchev–Trinajstić information content (AvgIpc) is 1.56. The highest BCUT2D eigenvalue weighted by molar-refractivity contribution is 9.10. The molecule has 0 atom stereocenters. The molecular formula is C97H63B4BrClFN4. The van der Waals surface area contributed by atoms with Crippen LogP contribution in [0.15, 0.2) is 368 Å². The van der Waals surface area contributed by atoms with Gasteiger partial charge in [0.2, 0.25) is 26.9 Å². The van der Waals surface area contributed by atoms with Crippen LogP contribution in [0.3, 0.4) is 0 Å². The number of hydrogen-bond donors (Lipinski definition) is 0. The van der Waals surface area contributed by atoms with E-state index < -0.39 is 0 Å². The van der Waals surface area contributed by atoms with Gasteiger partial charge in [-0.25, -0.2) is 4.39 Å². The Bertz CT molecular complexity index is 6570. The number of nitrogens with zero attached hydrogens (tertiary/aromatic N) is 4. The first-order valence-corrected chi connectivity index (χ1v) is 38.3. The lowest BCUT2D eigenvalue weighted by Gasteiger charge is -2.27. The third kappa shape index (κ3) is 9.72. The summed E-state index contributed by atoms with van der Waals surface area (Å²) in [6.07, 6.45) is 0. The van der Waals surface area contributed by atoms with Crippen LogP contribution in [0.4, 0.5) is 4.39 Å². The molecule has 4 aliphatic rings. The molecule has 0 amide bonds. The molecule has 0 saturated carbocycles. The molecule has 4 nitrogen and oxygen atoms in total. The van der Waals surface area contributed by atoms with Gasteiger partial charge in [0.25, 0.3) is 0 Å². The van der Waals surface area contributed by atoms with Crippen LogP contribution in [0.5, 0.6) is 0 Å². The highest BCUT2D eigenvalue weighted by Crippen LogP contribution is 2.39. The first kappa shape index (κ1) is 64.1. The van der Waals surface area contributed by atoms with Gasteiger partial charge in [-0.05, 0) is 122 Å². The minimum atomic E-state index is -0.154. The molecule has 0 spiro atoms. The van der Waals surface area contributed by atoms with Gasteiger partial charge in [0.15, 0.2) is 0 Å². The Kier molecular flexibility index (Phi) is 15.3. The summed E-state index contributed by atoms with van der Waals surface area (Å²) >= 11 is 10.5. The number of aromatic nitrogens is 4. The molecule has 108 heavy (non-hydrogen) atoms. The average molecular weight is 1460 g/mol. The lowest BCUT2D eigenvalue weighted by molar-refractivity contribution is 0.635. The van der Waals surface area contributed by atoms with E-state index in [9.17, 15) is 4.39 Å². The first-order valence-electron chi connectivity index (χ1n) is 37.1. The zero-order valence-corrected chi connectivity index (χ0v) is 61.2. The van der Waals surface area contributed by atoms with Gasteiger partial charge in [0.05, 0.1) is 22.1 Å². The molecule has 8 heterocycles. The Morgan fingerprint density at radius 2 is 0.537 bits per heavy atom. The van der Waals surface area contributed by atoms with Gasteiger partial charge in [0, 0.05) is 97.4 Å². The predicted octanol–water partition coefficient (Wildman–Crippen LogP) is 16.3. The minimum Gasteiger partial charge on any atom is -0.310 e. The fraction of sp³-hybridized carbons (Fsp3) is 0.0103. The Hall–Kier alpha value is -12.3. The quantitative estimate of drug-likeness (QED) is 0.157. The molecule has 20 aromatic rings. The second-order valence-corrected chi connectivity index (χ2v) is 30.0. The van der Waals surface area contributed by atoms with Crippen molar-refractivity contribution in [2.45, 2.75) is 6.92 Å². The predicted molar refractivity (Wildman–Crippen MR) is 465 cm³/mol. The molecule has 4 aromatic heterocycles. The van der Waals surface area contributed by atoms with Crippen LogP contribution < -0.4 is 65.6 Å². The molecule has 0 unspecified atom stereocenters. The molecule has 16 aromatic carbocycles. The monoisotopic (exact) mass is 1460 g/mol. The third-order valence-corrected chi connectivity index (χ3v) is 24.3. The summed E-state index contributed by atoms with van der Waals surface area (Å²) < 4.78 is 25.7. The number of fused-ring (bicyclic) bond motifs is 20. The van der Waals surface area contributed by atoms with E-state index in [2.05, 4.69) is 363 Å². The molecule has 0 bridgehead atoms. The Labute approximate surface area is 639 Å². The van der Waals surface area contributed by atoms with Crippen molar-refractivity contribution in [2.75, 3.05) is 0 Å². The molecule has 504 valence electrons. The Balaban J connectivity index is 0.0000000919. The van der Waals surface area contributed by atoms with Crippen molar-refractivity contribution in [1.82, 2.24) is 18.3 Å². The zero-order chi connectivity index (χ0) is 71.8. The Morgan fingerprint density at radius 1 is 0.241 bits per heavy atom. The van der Waals surface area contributed by atoms with E-state index in [4.69, 9.17) is 11.6 Å². The minimum absolute atomic E-state index is 0.108. The van der Waals surface area contributed by atoms with Crippen molar-refractivity contribution >= 4 is 207 Å². The van der Waals surface area contributed by atoms with Crippen molar-refractivity contribution in [1.29, 1.82) is 0 Å². The van der Waals surface area contributed by atoms with Crippen molar-refractivity contribution in [3.8, 4) is 22.7 Å². The molecule has 0 saturated heterocycles. The summed E-state index contributed by atoms with van der Waals surface area (Å²) in [5.74, 6) is -0.154. The number of hydrogen-bond acceptors (Lipinski definition) is 0. The third-order valence-electron chi connectivity index (χ3n) is 23.2. The van der Waals surface area contributed by atoms with Gasteiger partial charge in [-0.3, -0.25) is 0 Å². The molecular weight excluding hydrogens is 1400 g/mol. The fourth-order valence-corrected chi connectivity index (χ4v) is 19.7. The summed E-state index contributed by atoms with van der Waals surface area (Å²) in [6.45, 7) is 2.73. The number of benzene rings is 16. The molecule has 0 N–H and O–H groups in total. The summed E-state index contributed by atoms with van der Waals surface area (Å²) in [5.41, 5.74) is 31.5. The topological polar surface area (TPSA) is 19.7 Å². The van der Waals surface area contributed by atoms with Gasteiger partial charge in [-0.15, -0.1) is 0 Å². The molecule has 0 fully saturated rings. The van der Waals surface area contributed by atoms with Crippen LogP contribution in [0.1, 0.15) is 5.56 Å². The van der Waals surface area contributed by atoms with Crippen LogP contribution >= 0.6 is 27.5 Å². The van der Waals surface area contributed by atoms with Crippen molar-refractivity contribution in [3.63, 3.8) is 0 Å². The van der Waals surface area contributed by atoms with Crippen molar-refractivity contribution < 1.29 is 4.39 Å². The van der Waals surface area contributed by atoms with Crippen LogP contribution in [0, 0.1) is 12.7 Å². The maximum absolute atomic E-state index is 14.8. The molecule has 4 aliphatic heterocycles. The van der Waals surface area contributed by atoms with E-state index in [1.807, 2.05) is 30.3 Å². The van der Waals surface area contributed by atoms with E-state index in [0.717, 1.165) is 37.0 Å². The second kappa shape index (κ2) is 25.7. The standard InChI is InChI=1S/C25H18BN.C24H15BBrN.C24H15BClN.C24H15BFN/c1-17-9-7-12-19-20-13-8-15-22-25(20)27(24(17)19)23-16-6-5-14-21(23)26(22)18-10-3-2-4-11-18;3*26-21-13-4-2-10-18(21)25-19-11-3-6-15-23(19)27-22-14-5-1-8-16(22)17-9-7-12-20(25)24(17)27/h2-16H,1H3;3*1-15H. The second-order valence-electron chi connectivity index (χ2n) is 28.8. The highest BCUT2D eigenvalue weighted by atomic mass is 79.9. The summed E-state index contributed by atoms with van der Waals surface area (Å²) in [5, 5.41) is 11.2. The van der Waals surface area contributed by atoms with E-state index in [1.54, 1.807) is 12.1 Å². The first-order chi connectivity index (χ1) is 53.4. The van der Waals surface area contributed by atoms with Crippen LogP contribution in [-0.2, 0) is 0 Å². The summed E-state index contributed by atoms with van der Waals surface area (Å²) in [6, 6.07) is 129. The van der Waals surface area contributed by atoms with E-state index in [1.165, 1.54) is 154 Å². The lowest BCUT2D eigenvalue weighted by Crippen LogP contribution is -2.56. The van der Waals surface area contributed by atoms with Crippen molar-refractivity contribution in [3.05, 3.63) is 385 Å². The smallest absolute Gasteiger partial charge is 0.250 e. The van der Waals surface area contributed by atoms with E-state index in [0.29, 0.717) is 0 Å². The maximum atomic E-state index is 14.8. The largest absolute Gasteiger partial charge is 0.310 e. The van der Waals surface area contributed by atoms with Crippen LogP contribution in [0.25, 0.3) is 110 Å². The number of rotatable bonds is 4. The van der Waals surface area contributed by atoms with Gasteiger partial charge >= 0.3 is 0 Å². The normalized spacial score (nSPS) is 12.6. The van der Waals surface area contributed by atoms with Crippen LogP contribution in [0.2, 0.25) is 5.02 Å². The highest BCUT2D eigenvalue weighted by Gasteiger charge is 2.39. The van der Waals surface area contributed by atoms with Crippen molar-refractivity contribution in [2.24, 2.45) is 0 Å².